The standard InChI is InChI=1S/C9H14N4O4S/c10-12-5-1-2-13(9(18)11-5)8-7(16)6(15)4(3-14)17-8/h1-2,4,6-8,14-16H,3,10H2,(H,11,12,18)/t4-,6?,7?,8-/m1/s1. The Kier molecular flexibility index (Phi) is 3.90. The van der Waals surface area contributed by atoms with Gasteiger partial charge >= 0.3 is 0 Å². The monoisotopic (exact) mass is 274 g/mol. The van der Waals surface area contributed by atoms with Gasteiger partial charge in [-0.2, -0.15) is 0 Å². The molecule has 100 valence electrons. The minimum atomic E-state index is -1.19. The van der Waals surface area contributed by atoms with Crippen LogP contribution in [0.3, 0.4) is 0 Å². The third-order valence-electron chi connectivity index (χ3n) is 2.77. The maximum Gasteiger partial charge on any atom is 0.203 e. The number of nitrogens with one attached hydrogen (secondary N) is 1. The molecule has 0 amide bonds. The van der Waals surface area contributed by atoms with E-state index in [1.165, 1.54) is 10.8 Å². The zero-order chi connectivity index (χ0) is 13.3. The number of aromatic nitrogens is 2. The van der Waals surface area contributed by atoms with Crippen LogP contribution in [0.4, 0.5) is 5.82 Å². The molecule has 0 aromatic carbocycles. The first-order valence-electron chi connectivity index (χ1n) is 5.26. The summed E-state index contributed by atoms with van der Waals surface area (Å²) in [4.78, 5) is 3.95. The van der Waals surface area contributed by atoms with Crippen molar-refractivity contribution in [3.8, 4) is 0 Å². The lowest BCUT2D eigenvalue weighted by molar-refractivity contribution is -0.0540. The molecule has 8 nitrogen and oxygen atoms in total. The molecule has 1 aliphatic heterocycles. The van der Waals surface area contributed by atoms with E-state index in [-0.39, 0.29) is 4.77 Å². The lowest BCUT2D eigenvalue weighted by Crippen LogP contribution is -2.33. The fourth-order valence-corrected chi connectivity index (χ4v) is 2.06. The molecule has 2 unspecified atom stereocenters. The van der Waals surface area contributed by atoms with Gasteiger partial charge in [-0.3, -0.25) is 4.57 Å². The van der Waals surface area contributed by atoms with E-state index in [1.807, 2.05) is 0 Å². The predicted octanol–water partition coefficient (Wildman–Crippen LogP) is -1.49. The number of nitrogen functional groups attached to an aromatic ring is 1. The van der Waals surface area contributed by atoms with Crippen LogP contribution in [-0.4, -0.2) is 49.8 Å². The van der Waals surface area contributed by atoms with Crippen molar-refractivity contribution in [2.45, 2.75) is 24.5 Å². The van der Waals surface area contributed by atoms with Crippen molar-refractivity contribution >= 4 is 18.0 Å². The maximum atomic E-state index is 9.84. The van der Waals surface area contributed by atoms with Crippen LogP contribution in [0.1, 0.15) is 6.23 Å². The molecule has 1 aromatic rings. The van der Waals surface area contributed by atoms with Crippen LogP contribution in [0.15, 0.2) is 12.3 Å². The molecular weight excluding hydrogens is 260 g/mol. The summed E-state index contributed by atoms with van der Waals surface area (Å²) in [6.45, 7) is -0.391. The van der Waals surface area contributed by atoms with Crippen LogP contribution in [0.25, 0.3) is 0 Å². The molecule has 2 heterocycles. The molecular formula is C9H14N4O4S. The van der Waals surface area contributed by atoms with Crippen LogP contribution >= 0.6 is 12.2 Å². The number of hydrazine groups is 1. The zero-order valence-electron chi connectivity index (χ0n) is 9.30. The molecule has 2 rings (SSSR count). The van der Waals surface area contributed by atoms with E-state index in [0.29, 0.717) is 5.82 Å². The summed E-state index contributed by atoms with van der Waals surface area (Å²) in [5, 5.41) is 28.5. The lowest BCUT2D eigenvalue weighted by Gasteiger charge is -2.18. The molecule has 0 aliphatic carbocycles. The Hall–Kier alpha value is -1.10. The molecule has 6 N–H and O–H groups in total. The lowest BCUT2D eigenvalue weighted by atomic mass is 10.1. The molecule has 0 radical (unpaired) electrons. The Bertz CT molecular complexity index is 482. The van der Waals surface area contributed by atoms with Crippen molar-refractivity contribution in [3.63, 3.8) is 0 Å². The van der Waals surface area contributed by atoms with Crippen molar-refractivity contribution in [3.05, 3.63) is 17.0 Å². The van der Waals surface area contributed by atoms with Gasteiger partial charge in [0.15, 0.2) is 6.23 Å². The first-order chi connectivity index (χ1) is 8.58. The Morgan fingerprint density at radius 1 is 1.50 bits per heavy atom. The van der Waals surface area contributed by atoms with E-state index >= 15 is 0 Å². The number of nitrogens with zero attached hydrogens (tertiary/aromatic N) is 2. The van der Waals surface area contributed by atoms with E-state index < -0.39 is 31.1 Å². The van der Waals surface area contributed by atoms with Crippen LogP contribution in [0.5, 0.6) is 0 Å². The third-order valence-corrected chi connectivity index (χ3v) is 3.07. The molecule has 18 heavy (non-hydrogen) atoms. The molecule has 0 saturated carbocycles. The van der Waals surface area contributed by atoms with Gasteiger partial charge in [-0.15, -0.1) is 0 Å². The number of aliphatic hydroxyl groups is 3. The predicted molar refractivity (Wildman–Crippen MR) is 63.9 cm³/mol. The van der Waals surface area contributed by atoms with Crippen LogP contribution in [0, 0.1) is 4.77 Å². The van der Waals surface area contributed by atoms with Crippen LogP contribution < -0.4 is 11.3 Å². The molecule has 4 atom stereocenters. The molecule has 1 saturated heterocycles. The molecule has 0 bridgehead atoms. The second-order valence-corrected chi connectivity index (χ2v) is 4.24. The summed E-state index contributed by atoms with van der Waals surface area (Å²) in [6.07, 6.45) is -2.56. The largest absolute Gasteiger partial charge is 0.394 e. The van der Waals surface area contributed by atoms with Gasteiger partial charge in [0, 0.05) is 6.20 Å². The Morgan fingerprint density at radius 3 is 2.72 bits per heavy atom. The van der Waals surface area contributed by atoms with Gasteiger partial charge in [-0.05, 0) is 18.3 Å². The second-order valence-electron chi connectivity index (χ2n) is 3.88. The number of rotatable bonds is 3. The summed E-state index contributed by atoms with van der Waals surface area (Å²) < 4.78 is 6.86. The van der Waals surface area contributed by atoms with E-state index in [9.17, 15) is 10.2 Å². The molecule has 0 spiro atoms. The van der Waals surface area contributed by atoms with Gasteiger partial charge in [0.2, 0.25) is 4.77 Å². The van der Waals surface area contributed by atoms with Crippen molar-refractivity contribution in [2.75, 3.05) is 12.0 Å². The van der Waals surface area contributed by atoms with E-state index in [2.05, 4.69) is 10.4 Å². The third kappa shape index (κ3) is 2.23. The van der Waals surface area contributed by atoms with Crippen LogP contribution in [-0.2, 0) is 4.74 Å². The Labute approximate surface area is 108 Å². The highest BCUT2D eigenvalue weighted by Gasteiger charge is 2.43. The van der Waals surface area contributed by atoms with Crippen LogP contribution in [0.2, 0.25) is 0 Å². The van der Waals surface area contributed by atoms with Gasteiger partial charge in [-0.1, -0.05) is 0 Å². The smallest absolute Gasteiger partial charge is 0.203 e. The SMILES string of the molecule is NNc1ccn([C@@H]2O[C@H](CO)C(O)C2O)c(=S)n1. The second kappa shape index (κ2) is 5.26. The number of anilines is 1. The summed E-state index contributed by atoms with van der Waals surface area (Å²) in [5.74, 6) is 5.57. The van der Waals surface area contributed by atoms with Crippen molar-refractivity contribution in [2.24, 2.45) is 5.84 Å². The highest BCUT2D eigenvalue weighted by atomic mass is 32.1. The Balaban J connectivity index is 2.30. The number of nitrogens with two attached hydrogens (primary N) is 1. The number of aliphatic hydroxyl groups excluding tert-OH is 3. The summed E-state index contributed by atoms with van der Waals surface area (Å²) in [5.41, 5.74) is 2.34. The number of hydrogen-bond donors (Lipinski definition) is 5. The number of ether oxygens (including phenoxy) is 1. The number of hydrogen-bond acceptors (Lipinski definition) is 8. The minimum absolute atomic E-state index is 0.139. The highest BCUT2D eigenvalue weighted by molar-refractivity contribution is 7.71. The molecule has 1 aromatic heterocycles. The molecule has 9 heteroatoms. The van der Waals surface area contributed by atoms with E-state index in [0.717, 1.165) is 0 Å². The van der Waals surface area contributed by atoms with Gasteiger partial charge in [0.25, 0.3) is 0 Å². The first-order valence-corrected chi connectivity index (χ1v) is 5.67. The maximum absolute atomic E-state index is 9.84. The normalized spacial score (nSPS) is 31.6. The topological polar surface area (TPSA) is 126 Å². The van der Waals surface area contributed by atoms with Gasteiger partial charge in [-0.25, -0.2) is 10.8 Å². The summed E-state index contributed by atoms with van der Waals surface area (Å²) in [7, 11) is 0. The molecule has 1 fully saturated rings. The summed E-state index contributed by atoms with van der Waals surface area (Å²) in [6, 6.07) is 1.55. The quantitative estimate of drug-likeness (QED) is 0.256. The van der Waals surface area contributed by atoms with Crippen molar-refractivity contribution in [1.29, 1.82) is 0 Å². The van der Waals surface area contributed by atoms with Crippen molar-refractivity contribution in [1.82, 2.24) is 9.55 Å². The fourth-order valence-electron chi connectivity index (χ4n) is 1.80. The first kappa shape index (κ1) is 13.3. The average Bonchev–Trinajstić information content (AvgIpc) is 2.66. The van der Waals surface area contributed by atoms with E-state index in [4.69, 9.17) is 27.9 Å². The van der Waals surface area contributed by atoms with Gasteiger partial charge < -0.3 is 25.5 Å². The van der Waals surface area contributed by atoms with E-state index in [1.54, 1.807) is 6.07 Å². The minimum Gasteiger partial charge on any atom is -0.394 e. The highest BCUT2D eigenvalue weighted by Crippen LogP contribution is 2.29. The Morgan fingerprint density at radius 2 is 2.22 bits per heavy atom. The zero-order valence-corrected chi connectivity index (χ0v) is 10.1. The van der Waals surface area contributed by atoms with Gasteiger partial charge in [0.1, 0.15) is 24.1 Å². The molecule has 1 aliphatic rings. The summed E-state index contributed by atoms with van der Waals surface area (Å²) >= 11 is 5.03. The van der Waals surface area contributed by atoms with Crippen molar-refractivity contribution < 1.29 is 20.1 Å². The van der Waals surface area contributed by atoms with Gasteiger partial charge in [0.05, 0.1) is 6.61 Å². The average molecular weight is 274 g/mol. The fraction of sp³-hybridized carbons (Fsp3) is 0.556.